The second-order valence-electron chi connectivity index (χ2n) is 6.31. The molecule has 0 saturated carbocycles. The molecule has 3 rings (SSSR count). The van der Waals surface area contributed by atoms with Crippen LogP contribution in [0.4, 0.5) is 23.0 Å². The third-order valence-electron chi connectivity index (χ3n) is 4.30. The number of anilines is 2. The second kappa shape index (κ2) is 9.26. The number of nitrogens with one attached hydrogen (secondary N) is 3. The van der Waals surface area contributed by atoms with Gasteiger partial charge in [-0.2, -0.15) is 0 Å². The van der Waals surface area contributed by atoms with Crippen LogP contribution in [0.2, 0.25) is 0 Å². The Morgan fingerprint density at radius 2 is 1.58 bits per heavy atom. The molecule has 0 fully saturated rings. The summed E-state index contributed by atoms with van der Waals surface area (Å²) in [6.07, 6.45) is 1.09. The zero-order chi connectivity index (χ0) is 22.4. The molecule has 0 spiro atoms. The molecular weight excluding hydrogens is 406 g/mol. The first kappa shape index (κ1) is 21.1. The highest BCUT2D eigenvalue weighted by Gasteiger charge is 2.26. The summed E-state index contributed by atoms with van der Waals surface area (Å²) in [4.78, 5) is 41.5. The summed E-state index contributed by atoms with van der Waals surface area (Å²) >= 11 is 0. The minimum absolute atomic E-state index is 0.0567. The molecule has 2 aromatic carbocycles. The van der Waals surface area contributed by atoms with Crippen LogP contribution in [-0.4, -0.2) is 25.7 Å². The van der Waals surface area contributed by atoms with Gasteiger partial charge in [0.25, 0.3) is 11.6 Å². The minimum atomic E-state index is -0.854. The van der Waals surface area contributed by atoms with Crippen LogP contribution in [0.15, 0.2) is 60.9 Å². The molecule has 158 valence electrons. The Hall–Kier alpha value is -4.61. The highest BCUT2D eigenvalue weighted by atomic mass is 16.6. The van der Waals surface area contributed by atoms with Gasteiger partial charge in [-0.05, 0) is 18.6 Å². The van der Waals surface area contributed by atoms with E-state index >= 15 is 0 Å². The number of nitro groups is 2. The van der Waals surface area contributed by atoms with Gasteiger partial charge in [-0.3, -0.25) is 35.9 Å². The summed E-state index contributed by atoms with van der Waals surface area (Å²) in [6, 6.07) is 14.3. The molecule has 0 aliphatic heterocycles. The number of amides is 1. The predicted molar refractivity (Wildman–Crippen MR) is 111 cm³/mol. The fourth-order valence-electron chi connectivity index (χ4n) is 2.79. The molecule has 0 aliphatic carbocycles. The Morgan fingerprint density at radius 1 is 0.935 bits per heavy atom. The van der Waals surface area contributed by atoms with Crippen LogP contribution >= 0.6 is 0 Å². The maximum atomic E-state index is 12.4. The van der Waals surface area contributed by atoms with E-state index < -0.39 is 27.1 Å². The molecule has 0 saturated heterocycles. The summed E-state index contributed by atoms with van der Waals surface area (Å²) in [5.41, 5.74) is 4.33. The molecule has 1 heterocycles. The number of carbonyl (C=O) groups excluding carboxylic acids is 1. The van der Waals surface area contributed by atoms with E-state index in [-0.39, 0.29) is 23.2 Å². The molecule has 12 nitrogen and oxygen atoms in total. The summed E-state index contributed by atoms with van der Waals surface area (Å²) in [6.45, 7) is 1.81. The zero-order valence-corrected chi connectivity index (χ0v) is 16.2. The normalized spacial score (nSPS) is 11.3. The molecule has 3 aromatic rings. The fourth-order valence-corrected chi connectivity index (χ4v) is 2.79. The number of para-hydroxylation sites is 1. The first-order valence-electron chi connectivity index (χ1n) is 8.99. The van der Waals surface area contributed by atoms with Gasteiger partial charge in [0.1, 0.15) is 11.9 Å². The number of carbonyl (C=O) groups is 1. The van der Waals surface area contributed by atoms with Crippen LogP contribution in [-0.2, 0) is 0 Å². The lowest BCUT2D eigenvalue weighted by Crippen LogP contribution is -2.31. The van der Waals surface area contributed by atoms with Crippen molar-refractivity contribution in [3.8, 4) is 0 Å². The van der Waals surface area contributed by atoms with Crippen molar-refractivity contribution in [1.82, 2.24) is 15.4 Å². The van der Waals surface area contributed by atoms with Crippen molar-refractivity contribution in [2.24, 2.45) is 0 Å². The SMILES string of the molecule is CC(Nc1ncnc(NNC(=O)c2ccccc2[N+](=O)[O-])c1[N+](=O)[O-])c1ccccc1. The van der Waals surface area contributed by atoms with Crippen LogP contribution in [0.3, 0.4) is 0 Å². The van der Waals surface area contributed by atoms with Gasteiger partial charge in [0.05, 0.1) is 15.9 Å². The van der Waals surface area contributed by atoms with E-state index in [0.717, 1.165) is 11.9 Å². The number of nitro benzene ring substituents is 1. The van der Waals surface area contributed by atoms with Crippen molar-refractivity contribution in [2.45, 2.75) is 13.0 Å². The van der Waals surface area contributed by atoms with E-state index in [0.29, 0.717) is 0 Å². The number of hydrogen-bond acceptors (Lipinski definition) is 9. The largest absolute Gasteiger partial charge is 0.358 e. The van der Waals surface area contributed by atoms with Crippen LogP contribution < -0.4 is 16.2 Å². The Morgan fingerprint density at radius 3 is 2.26 bits per heavy atom. The highest BCUT2D eigenvalue weighted by molar-refractivity contribution is 5.98. The molecular formula is C19H17N7O5. The molecule has 1 atom stereocenters. The van der Waals surface area contributed by atoms with E-state index in [2.05, 4.69) is 26.1 Å². The van der Waals surface area contributed by atoms with Crippen molar-refractivity contribution in [1.29, 1.82) is 0 Å². The second-order valence-corrected chi connectivity index (χ2v) is 6.31. The van der Waals surface area contributed by atoms with Gasteiger partial charge in [0, 0.05) is 6.07 Å². The number of benzene rings is 2. The predicted octanol–water partition coefficient (Wildman–Crippen LogP) is 3.22. The maximum absolute atomic E-state index is 12.4. The lowest BCUT2D eigenvalue weighted by molar-refractivity contribution is -0.385. The average Bonchev–Trinajstić information content (AvgIpc) is 2.77. The lowest BCUT2D eigenvalue weighted by Gasteiger charge is -2.16. The van der Waals surface area contributed by atoms with Crippen molar-refractivity contribution < 1.29 is 14.6 Å². The van der Waals surface area contributed by atoms with Gasteiger partial charge < -0.3 is 5.32 Å². The summed E-state index contributed by atoms with van der Waals surface area (Å²) < 4.78 is 0. The van der Waals surface area contributed by atoms with Crippen LogP contribution in [0.25, 0.3) is 0 Å². The summed E-state index contributed by atoms with van der Waals surface area (Å²) in [7, 11) is 0. The van der Waals surface area contributed by atoms with Gasteiger partial charge in [0.15, 0.2) is 0 Å². The van der Waals surface area contributed by atoms with Crippen molar-refractivity contribution in [3.63, 3.8) is 0 Å². The third-order valence-corrected chi connectivity index (χ3v) is 4.30. The molecule has 0 bridgehead atoms. The molecule has 1 aromatic heterocycles. The number of aromatic nitrogens is 2. The number of rotatable bonds is 8. The number of nitrogens with zero attached hydrogens (tertiary/aromatic N) is 4. The Kier molecular flexibility index (Phi) is 6.30. The third kappa shape index (κ3) is 4.87. The first-order valence-corrected chi connectivity index (χ1v) is 8.99. The standard InChI is InChI=1S/C19H17N7O5/c1-12(13-7-3-2-4-8-13)22-17-16(26(30)31)18(21-11-20-17)23-24-19(27)14-9-5-6-10-15(14)25(28)29/h2-12H,1H3,(H,24,27)(H2,20,21,22,23). The topological polar surface area (TPSA) is 165 Å². The Labute approximate surface area is 175 Å². The van der Waals surface area contributed by atoms with Gasteiger partial charge in [0.2, 0.25) is 11.6 Å². The number of hydrogen-bond donors (Lipinski definition) is 3. The molecule has 31 heavy (non-hydrogen) atoms. The molecule has 0 radical (unpaired) electrons. The fraction of sp³-hybridized carbons (Fsp3) is 0.105. The van der Waals surface area contributed by atoms with Crippen LogP contribution in [0.1, 0.15) is 28.9 Å². The van der Waals surface area contributed by atoms with Crippen molar-refractivity contribution in [3.05, 3.63) is 92.3 Å². The van der Waals surface area contributed by atoms with Gasteiger partial charge in [-0.15, -0.1) is 0 Å². The van der Waals surface area contributed by atoms with E-state index in [1.165, 1.54) is 24.3 Å². The molecule has 1 amide bonds. The van der Waals surface area contributed by atoms with Gasteiger partial charge in [-0.25, -0.2) is 9.97 Å². The molecule has 0 aliphatic rings. The van der Waals surface area contributed by atoms with E-state index in [4.69, 9.17) is 0 Å². The minimum Gasteiger partial charge on any atom is -0.358 e. The average molecular weight is 423 g/mol. The Balaban J connectivity index is 1.82. The quantitative estimate of drug-likeness (QED) is 0.364. The van der Waals surface area contributed by atoms with E-state index in [1.807, 2.05) is 37.3 Å². The van der Waals surface area contributed by atoms with Gasteiger partial charge in [-0.1, -0.05) is 42.5 Å². The Bertz CT molecular complexity index is 1120. The van der Waals surface area contributed by atoms with Crippen LogP contribution in [0.5, 0.6) is 0 Å². The monoisotopic (exact) mass is 423 g/mol. The van der Waals surface area contributed by atoms with E-state index in [9.17, 15) is 25.0 Å². The number of hydrazine groups is 1. The summed E-state index contributed by atoms with van der Waals surface area (Å²) in [5.74, 6) is -1.19. The first-order chi connectivity index (χ1) is 14.9. The van der Waals surface area contributed by atoms with Gasteiger partial charge >= 0.3 is 5.69 Å². The maximum Gasteiger partial charge on any atom is 0.354 e. The molecule has 12 heteroatoms. The van der Waals surface area contributed by atoms with E-state index in [1.54, 1.807) is 0 Å². The molecule has 1 unspecified atom stereocenters. The summed E-state index contributed by atoms with van der Waals surface area (Å²) in [5, 5.41) is 25.7. The highest BCUT2D eigenvalue weighted by Crippen LogP contribution is 2.31. The smallest absolute Gasteiger partial charge is 0.354 e. The zero-order valence-electron chi connectivity index (χ0n) is 16.2. The van der Waals surface area contributed by atoms with Crippen LogP contribution in [0, 0.1) is 20.2 Å². The van der Waals surface area contributed by atoms with Crippen molar-refractivity contribution >= 4 is 28.9 Å². The lowest BCUT2D eigenvalue weighted by atomic mass is 10.1. The van der Waals surface area contributed by atoms with Crippen molar-refractivity contribution in [2.75, 3.05) is 10.7 Å². The molecule has 3 N–H and O–H groups in total.